The highest BCUT2D eigenvalue weighted by molar-refractivity contribution is 8.00. The van der Waals surface area contributed by atoms with Gasteiger partial charge in [0.25, 0.3) is 0 Å². The van der Waals surface area contributed by atoms with Gasteiger partial charge in [0.05, 0.1) is 5.25 Å². The van der Waals surface area contributed by atoms with E-state index in [4.69, 9.17) is 0 Å². The zero-order chi connectivity index (χ0) is 11.5. The van der Waals surface area contributed by atoms with Crippen molar-refractivity contribution in [2.75, 3.05) is 5.75 Å². The molecule has 1 saturated heterocycles. The van der Waals surface area contributed by atoms with Crippen LogP contribution in [0.2, 0.25) is 0 Å². The van der Waals surface area contributed by atoms with Gasteiger partial charge in [-0.05, 0) is 42.4 Å². The van der Waals surface area contributed by atoms with Gasteiger partial charge in [0.1, 0.15) is 17.4 Å². The minimum absolute atomic E-state index is 0.00125. The van der Waals surface area contributed by atoms with Crippen molar-refractivity contribution in [1.29, 1.82) is 0 Å². The van der Waals surface area contributed by atoms with E-state index >= 15 is 0 Å². The molecule has 1 heterocycles. The molecule has 86 valence electrons. The Labute approximate surface area is 97.2 Å². The molecule has 0 bridgehead atoms. The molecule has 2 rings (SSSR count). The Hall–Kier alpha value is -0.900. The van der Waals surface area contributed by atoms with Crippen molar-refractivity contribution in [2.24, 2.45) is 0 Å². The molecule has 0 amide bonds. The van der Waals surface area contributed by atoms with Crippen molar-refractivity contribution in [3.05, 3.63) is 35.4 Å². The molecule has 4 heteroatoms. The lowest BCUT2D eigenvalue weighted by Crippen LogP contribution is -2.17. The standard InChI is InChI=1S/C12H12F2OS/c13-9-3-4-10(14)8(6-9)7-11(15)12-2-1-5-16-12/h3-4,6,12H,1-2,5,7H2. The van der Waals surface area contributed by atoms with Crippen molar-refractivity contribution in [1.82, 2.24) is 0 Å². The van der Waals surface area contributed by atoms with Crippen LogP contribution in [-0.2, 0) is 11.2 Å². The van der Waals surface area contributed by atoms with Crippen molar-refractivity contribution in [3.8, 4) is 0 Å². The van der Waals surface area contributed by atoms with Crippen molar-refractivity contribution in [2.45, 2.75) is 24.5 Å². The number of ketones is 1. The van der Waals surface area contributed by atoms with E-state index in [1.165, 1.54) is 0 Å². The van der Waals surface area contributed by atoms with Gasteiger partial charge in [-0.2, -0.15) is 11.8 Å². The van der Waals surface area contributed by atoms with Crippen LogP contribution in [-0.4, -0.2) is 16.8 Å². The van der Waals surface area contributed by atoms with Gasteiger partial charge in [-0.1, -0.05) is 0 Å². The largest absolute Gasteiger partial charge is 0.298 e. The van der Waals surface area contributed by atoms with E-state index in [0.29, 0.717) is 0 Å². The fourth-order valence-corrected chi connectivity index (χ4v) is 3.03. The highest BCUT2D eigenvalue weighted by Gasteiger charge is 2.24. The summed E-state index contributed by atoms with van der Waals surface area (Å²) in [5.74, 6) is -0.00444. The fraction of sp³-hybridized carbons (Fsp3) is 0.417. The molecule has 16 heavy (non-hydrogen) atoms. The number of thioether (sulfide) groups is 1. The Bertz CT molecular complexity index is 400. The Balaban J connectivity index is 2.07. The van der Waals surface area contributed by atoms with Crippen LogP contribution in [0.1, 0.15) is 18.4 Å². The summed E-state index contributed by atoms with van der Waals surface area (Å²) in [6, 6.07) is 3.24. The fourth-order valence-electron chi connectivity index (χ4n) is 1.81. The number of carbonyl (C=O) groups excluding carboxylic acids is 1. The number of Topliss-reactive ketones (excluding diaryl/α,β-unsaturated/α-hetero) is 1. The van der Waals surface area contributed by atoms with Crippen LogP contribution in [0.15, 0.2) is 18.2 Å². The van der Waals surface area contributed by atoms with Gasteiger partial charge in [0.15, 0.2) is 0 Å². The second kappa shape index (κ2) is 4.95. The van der Waals surface area contributed by atoms with Crippen LogP contribution in [0.25, 0.3) is 0 Å². The maximum Gasteiger partial charge on any atom is 0.150 e. The van der Waals surface area contributed by atoms with Crippen LogP contribution in [0.5, 0.6) is 0 Å². The lowest BCUT2D eigenvalue weighted by molar-refractivity contribution is -0.118. The van der Waals surface area contributed by atoms with E-state index in [1.807, 2.05) is 0 Å². The van der Waals surface area contributed by atoms with Crippen LogP contribution in [0.3, 0.4) is 0 Å². The third-order valence-electron chi connectivity index (χ3n) is 2.66. The summed E-state index contributed by atoms with van der Waals surface area (Å²) in [6.07, 6.45) is 1.90. The number of carbonyl (C=O) groups is 1. The van der Waals surface area contributed by atoms with Gasteiger partial charge >= 0.3 is 0 Å². The Morgan fingerprint density at radius 1 is 1.44 bits per heavy atom. The topological polar surface area (TPSA) is 17.1 Å². The molecule has 0 saturated carbocycles. The number of benzene rings is 1. The smallest absolute Gasteiger partial charge is 0.150 e. The molecule has 1 unspecified atom stereocenters. The first kappa shape index (κ1) is 11.6. The molecule has 0 N–H and O–H groups in total. The van der Waals surface area contributed by atoms with Crippen molar-refractivity contribution >= 4 is 17.5 Å². The molecule has 1 aliphatic heterocycles. The molecule has 0 radical (unpaired) electrons. The Morgan fingerprint density at radius 2 is 2.25 bits per heavy atom. The molecule has 1 aliphatic rings. The van der Waals surface area contributed by atoms with Gasteiger partial charge in [-0.3, -0.25) is 4.79 Å². The lowest BCUT2D eigenvalue weighted by Gasteiger charge is -2.07. The van der Waals surface area contributed by atoms with Gasteiger partial charge in [-0.15, -0.1) is 0 Å². The summed E-state index contributed by atoms with van der Waals surface area (Å²) < 4.78 is 26.2. The first-order valence-corrected chi connectivity index (χ1v) is 6.30. The van der Waals surface area contributed by atoms with Crippen LogP contribution in [0.4, 0.5) is 8.78 Å². The SMILES string of the molecule is O=C(Cc1cc(F)ccc1F)C1CCCS1. The Kier molecular flexibility index (Phi) is 3.59. The third-order valence-corrected chi connectivity index (χ3v) is 4.09. The summed E-state index contributed by atoms with van der Waals surface area (Å²) in [4.78, 5) is 11.8. The van der Waals surface area contributed by atoms with E-state index in [9.17, 15) is 13.6 Å². The number of hydrogen-bond donors (Lipinski definition) is 0. The molecule has 1 nitrogen and oxygen atoms in total. The monoisotopic (exact) mass is 242 g/mol. The zero-order valence-corrected chi connectivity index (χ0v) is 9.53. The number of hydrogen-bond acceptors (Lipinski definition) is 2. The molecule has 1 atom stereocenters. The average Bonchev–Trinajstić information content (AvgIpc) is 2.76. The van der Waals surface area contributed by atoms with Crippen LogP contribution >= 0.6 is 11.8 Å². The normalized spacial score (nSPS) is 20.0. The van der Waals surface area contributed by atoms with Crippen molar-refractivity contribution < 1.29 is 13.6 Å². The van der Waals surface area contributed by atoms with Crippen LogP contribution < -0.4 is 0 Å². The maximum absolute atomic E-state index is 13.3. The van der Waals surface area contributed by atoms with Crippen LogP contribution in [0, 0.1) is 11.6 Å². The average molecular weight is 242 g/mol. The molecule has 0 spiro atoms. The van der Waals surface area contributed by atoms with E-state index in [-0.39, 0.29) is 23.0 Å². The number of rotatable bonds is 3. The molecule has 1 fully saturated rings. The minimum atomic E-state index is -0.502. The second-order valence-corrected chi connectivity index (χ2v) is 5.19. The highest BCUT2D eigenvalue weighted by atomic mass is 32.2. The molecular formula is C12H12F2OS. The van der Waals surface area contributed by atoms with E-state index in [1.54, 1.807) is 11.8 Å². The second-order valence-electron chi connectivity index (χ2n) is 3.88. The van der Waals surface area contributed by atoms with Gasteiger partial charge < -0.3 is 0 Å². The summed E-state index contributed by atoms with van der Waals surface area (Å²) >= 11 is 1.61. The summed E-state index contributed by atoms with van der Waals surface area (Å²) in [6.45, 7) is 0. The lowest BCUT2D eigenvalue weighted by atomic mass is 10.0. The minimum Gasteiger partial charge on any atom is -0.298 e. The predicted molar refractivity (Wildman–Crippen MR) is 60.5 cm³/mol. The van der Waals surface area contributed by atoms with E-state index in [0.717, 1.165) is 36.8 Å². The molecule has 1 aromatic carbocycles. The predicted octanol–water partition coefficient (Wildman–Crippen LogP) is 2.97. The zero-order valence-electron chi connectivity index (χ0n) is 8.71. The maximum atomic E-state index is 13.3. The number of halogens is 2. The quantitative estimate of drug-likeness (QED) is 0.810. The third kappa shape index (κ3) is 2.61. The molecule has 0 aliphatic carbocycles. The summed E-state index contributed by atoms with van der Waals surface area (Å²) in [5, 5.41) is -0.0253. The van der Waals surface area contributed by atoms with Gasteiger partial charge in [0, 0.05) is 6.42 Å². The van der Waals surface area contributed by atoms with Gasteiger partial charge in [-0.25, -0.2) is 8.78 Å². The van der Waals surface area contributed by atoms with Gasteiger partial charge in [0.2, 0.25) is 0 Å². The van der Waals surface area contributed by atoms with E-state index in [2.05, 4.69) is 0 Å². The highest BCUT2D eigenvalue weighted by Crippen LogP contribution is 2.28. The van der Waals surface area contributed by atoms with E-state index < -0.39 is 11.6 Å². The first-order chi connectivity index (χ1) is 7.66. The molecule has 1 aromatic rings. The molecular weight excluding hydrogens is 230 g/mol. The molecule has 0 aromatic heterocycles. The summed E-state index contributed by atoms with van der Waals surface area (Å²) in [5.41, 5.74) is 0.164. The summed E-state index contributed by atoms with van der Waals surface area (Å²) in [7, 11) is 0. The first-order valence-electron chi connectivity index (χ1n) is 5.25. The van der Waals surface area contributed by atoms with Crippen molar-refractivity contribution in [3.63, 3.8) is 0 Å². The Morgan fingerprint density at radius 3 is 2.94 bits per heavy atom.